The monoisotopic (exact) mass is 170 g/mol. The number of alkyl halides is 5. The molecule has 0 saturated heterocycles. The fourth-order valence-electron chi connectivity index (χ4n) is 0.0292. The summed E-state index contributed by atoms with van der Waals surface area (Å²) >= 11 is 0. The Balaban J connectivity index is 0. The minimum atomic E-state index is -5.50. The van der Waals surface area contributed by atoms with E-state index < -0.39 is 19.7 Å². The van der Waals surface area contributed by atoms with Crippen molar-refractivity contribution >= 4 is 0 Å². The van der Waals surface area contributed by atoms with Gasteiger partial charge in [-0.1, -0.05) is 0 Å². The lowest BCUT2D eigenvalue weighted by molar-refractivity contribution is -0.237. The summed E-state index contributed by atoms with van der Waals surface area (Å²) in [5, 5.41) is 0. The summed E-state index contributed by atoms with van der Waals surface area (Å²) in [4.78, 5) is 2.82. The van der Waals surface area contributed by atoms with E-state index in [1.807, 2.05) is 0 Å². The molecule has 0 aliphatic rings. The van der Waals surface area contributed by atoms with E-state index in [1.165, 1.54) is 0 Å². The summed E-state index contributed by atoms with van der Waals surface area (Å²) < 4.78 is 59.6. The molecule has 0 saturated carbocycles. The maximum Gasteiger partial charge on any atom is 0.559 e. The van der Waals surface area contributed by atoms with Gasteiger partial charge in [-0.05, 0) is 4.53 Å². The van der Waals surface area contributed by atoms with Crippen LogP contribution in [0.5, 0.6) is 0 Å². The summed E-state index contributed by atoms with van der Waals surface area (Å²) in [5.74, 6) is 0. The number of halogens is 6. The molecule has 0 aromatic carbocycles. The third-order valence-electron chi connectivity index (χ3n) is 0.154. The second kappa shape index (κ2) is 6.66. The number of hydrogen-bond donors (Lipinski definition) is 0. The molecule has 0 aromatic heterocycles. The topological polar surface area (TPSA) is 9.23 Å². The first-order valence-corrected chi connectivity index (χ1v) is 1.97. The van der Waals surface area contributed by atoms with Gasteiger partial charge in [-0.15, -0.1) is 17.6 Å². The maximum atomic E-state index is 10.6. The van der Waals surface area contributed by atoms with Gasteiger partial charge in [0.2, 0.25) is 0 Å². The summed E-state index contributed by atoms with van der Waals surface area (Å²) in [6.45, 7) is -1.20. The molecule has 64 valence electrons. The molecule has 0 aromatic rings. The average molecular weight is 170 g/mol. The predicted octanol–water partition coefficient (Wildman–Crippen LogP) is 2.33. The molecule has 0 unspecified atom stereocenters. The van der Waals surface area contributed by atoms with Crippen LogP contribution in [0, 0.1) is 0 Å². The van der Waals surface area contributed by atoms with Gasteiger partial charge in [0.1, 0.15) is 13.3 Å². The summed E-state index contributed by atoms with van der Waals surface area (Å²) in [6.07, 6.45) is -5.50. The van der Waals surface area contributed by atoms with Gasteiger partial charge in [0.15, 0.2) is 0 Å². The Hall–Kier alpha value is -0.460. The Kier molecular flexibility index (Phi) is 8.15. The normalized spacial score (nSPS) is 10.2. The van der Waals surface area contributed by atoms with Crippen LogP contribution in [-0.4, -0.2) is 19.7 Å². The van der Waals surface area contributed by atoms with Gasteiger partial charge in [0.05, 0.1) is 0 Å². The zero-order valence-corrected chi connectivity index (χ0v) is 4.59. The first-order chi connectivity index (χ1) is 4.41. The van der Waals surface area contributed by atoms with E-state index in [0.717, 1.165) is 0 Å². The first-order valence-electron chi connectivity index (χ1n) is 1.97. The zero-order valence-electron chi connectivity index (χ0n) is 4.59. The molecule has 0 aliphatic carbocycles. The minimum Gasteiger partial charge on any atom is -0.248 e. The highest BCUT2D eigenvalue weighted by Gasteiger charge is 2.24. The van der Waals surface area contributed by atoms with Crippen LogP contribution < -0.4 is 0 Å². The Morgan fingerprint density at radius 2 is 1.40 bits per heavy atom. The summed E-state index contributed by atoms with van der Waals surface area (Å²) in [6, 6.07) is 0. The van der Waals surface area contributed by atoms with E-state index in [0.29, 0.717) is 0 Å². The second-order valence-electron chi connectivity index (χ2n) is 0.931. The van der Waals surface area contributed by atoms with E-state index in [4.69, 9.17) is 0 Å². The standard InChI is InChI=1S/C2H4F2O.CF4/c3-1-2-5-4;2-1(3,4)5/h1-2H2;. The fourth-order valence-corrected chi connectivity index (χ4v) is 0.0292. The Bertz CT molecular complexity index is 52.5. The number of hydrogen-bond acceptors (Lipinski definition) is 1. The third kappa shape index (κ3) is 136. The van der Waals surface area contributed by atoms with Crippen LogP contribution in [0.4, 0.5) is 26.5 Å². The molecule has 0 bridgehead atoms. The largest absolute Gasteiger partial charge is 0.559 e. The van der Waals surface area contributed by atoms with Crippen LogP contribution in [0.25, 0.3) is 0 Å². The molecule has 0 spiro atoms. The molecule has 0 fully saturated rings. The molecule has 7 heteroatoms. The van der Waals surface area contributed by atoms with Gasteiger partial charge in [-0.2, -0.15) is 4.94 Å². The lowest BCUT2D eigenvalue weighted by Gasteiger charge is -1.82. The Morgan fingerprint density at radius 3 is 1.40 bits per heavy atom. The fraction of sp³-hybridized carbons (Fsp3) is 1.00. The van der Waals surface area contributed by atoms with Crippen molar-refractivity contribution in [3.8, 4) is 0 Å². The second-order valence-corrected chi connectivity index (χ2v) is 0.931. The Morgan fingerprint density at radius 1 is 1.10 bits per heavy atom. The van der Waals surface area contributed by atoms with Crippen LogP contribution in [0.2, 0.25) is 0 Å². The van der Waals surface area contributed by atoms with E-state index in [9.17, 15) is 26.5 Å². The average Bonchev–Trinajstić information content (AvgIpc) is 1.63. The van der Waals surface area contributed by atoms with Gasteiger partial charge in [0.25, 0.3) is 0 Å². The quantitative estimate of drug-likeness (QED) is 0.578. The van der Waals surface area contributed by atoms with Crippen molar-refractivity contribution in [2.75, 3.05) is 13.3 Å². The Labute approximate surface area is 52.5 Å². The van der Waals surface area contributed by atoms with E-state index >= 15 is 0 Å². The third-order valence-corrected chi connectivity index (χ3v) is 0.154. The number of rotatable bonds is 2. The van der Waals surface area contributed by atoms with Gasteiger partial charge in [0, 0.05) is 0 Å². The van der Waals surface area contributed by atoms with Crippen LogP contribution in [-0.2, 0) is 4.94 Å². The van der Waals surface area contributed by atoms with Gasteiger partial charge >= 0.3 is 6.43 Å². The lowest BCUT2D eigenvalue weighted by atomic mass is 10.8. The van der Waals surface area contributed by atoms with Crippen molar-refractivity contribution in [3.63, 3.8) is 0 Å². The SMILES string of the molecule is FC(F)(F)F.FCCOF. The highest BCUT2D eigenvalue weighted by atomic mass is 19.5. The molecule has 0 amide bonds. The molecule has 0 N–H and O–H groups in total. The van der Waals surface area contributed by atoms with E-state index in [2.05, 4.69) is 4.94 Å². The van der Waals surface area contributed by atoms with Crippen molar-refractivity contribution in [1.82, 2.24) is 0 Å². The van der Waals surface area contributed by atoms with Crippen molar-refractivity contribution < 1.29 is 31.4 Å². The van der Waals surface area contributed by atoms with E-state index in [1.54, 1.807) is 0 Å². The summed E-state index contributed by atoms with van der Waals surface area (Å²) in [5.41, 5.74) is 0. The van der Waals surface area contributed by atoms with Crippen molar-refractivity contribution in [3.05, 3.63) is 0 Å². The first kappa shape index (κ1) is 12.2. The molecule has 0 aliphatic heterocycles. The van der Waals surface area contributed by atoms with E-state index in [-0.39, 0.29) is 0 Å². The summed E-state index contributed by atoms with van der Waals surface area (Å²) in [7, 11) is 0. The van der Waals surface area contributed by atoms with Gasteiger partial charge < -0.3 is 0 Å². The van der Waals surface area contributed by atoms with Crippen LogP contribution in [0.1, 0.15) is 0 Å². The zero-order chi connectivity index (χ0) is 8.62. The molecule has 10 heavy (non-hydrogen) atoms. The molecule has 1 nitrogen and oxygen atoms in total. The molecule has 0 rings (SSSR count). The highest BCUT2D eigenvalue weighted by Crippen LogP contribution is 2.13. The molecule has 0 atom stereocenters. The highest BCUT2D eigenvalue weighted by molar-refractivity contribution is 4.11. The predicted molar refractivity (Wildman–Crippen MR) is 20.2 cm³/mol. The molecular formula is C3H4F6O. The van der Waals surface area contributed by atoms with Gasteiger partial charge in [-0.25, -0.2) is 4.39 Å². The molecular weight excluding hydrogens is 166 g/mol. The maximum absolute atomic E-state index is 10.6. The smallest absolute Gasteiger partial charge is 0.248 e. The molecule has 0 heterocycles. The van der Waals surface area contributed by atoms with Gasteiger partial charge in [-0.3, -0.25) is 0 Å². The lowest BCUT2D eigenvalue weighted by Crippen LogP contribution is -1.92. The minimum absolute atomic E-state index is 0.444. The van der Waals surface area contributed by atoms with Crippen LogP contribution >= 0.6 is 0 Å². The van der Waals surface area contributed by atoms with Crippen molar-refractivity contribution in [1.29, 1.82) is 0 Å². The van der Waals surface area contributed by atoms with Crippen LogP contribution in [0.15, 0.2) is 0 Å². The van der Waals surface area contributed by atoms with Crippen molar-refractivity contribution in [2.45, 2.75) is 6.43 Å². The van der Waals surface area contributed by atoms with Crippen molar-refractivity contribution in [2.24, 2.45) is 0 Å². The molecule has 0 radical (unpaired) electrons. The van der Waals surface area contributed by atoms with Crippen LogP contribution in [0.3, 0.4) is 0 Å².